The number of hydrogen-bond donors (Lipinski definition) is 3. The summed E-state index contributed by atoms with van der Waals surface area (Å²) in [7, 11) is 0. The Balaban J connectivity index is 0.000000520. The molecule has 0 saturated carbocycles. The first kappa shape index (κ1) is 35.2. The molecule has 0 spiro atoms. The first-order chi connectivity index (χ1) is 16.2. The molecule has 0 radical (unpaired) electrons. The van der Waals surface area contributed by atoms with Gasteiger partial charge < -0.3 is 35.5 Å². The number of nitrogens with two attached hydrogens (primary N) is 1. The van der Waals surface area contributed by atoms with Crippen LogP contribution in [0.25, 0.3) is 0 Å². The highest BCUT2D eigenvalue weighted by atomic mass is 35.5. The number of ether oxygens (including phenoxy) is 3. The molecule has 4 fully saturated rings. The number of amides is 1. The van der Waals surface area contributed by atoms with Crippen LogP contribution < -0.4 is 16.4 Å². The lowest BCUT2D eigenvalue weighted by Crippen LogP contribution is -2.46. The summed E-state index contributed by atoms with van der Waals surface area (Å²) >= 11 is 0. The van der Waals surface area contributed by atoms with Crippen molar-refractivity contribution in [3.05, 3.63) is 6.42 Å². The molecule has 0 aromatic rings. The van der Waals surface area contributed by atoms with Crippen molar-refractivity contribution in [2.45, 2.75) is 89.4 Å². The van der Waals surface area contributed by atoms with Crippen LogP contribution >= 0.6 is 24.8 Å². The standard InChI is InChI=1S/C10H20N2O2.C10H20N2O.C5H7O2.2ClH/c1-10(2,3)14-9(13)12-8-4-6-11-7-5-8;11-9-1-5-12(6-2-9)10-3-7-13-8-4-10;6-5-1-3-7-4-2-5;;/h8,11H,4-7H2,1-3H3,(H,12,13);9-10H,1-8,11H2;1H,2-4H2;2*1H/q;;+1;;. The molecule has 0 aromatic heterocycles. The molecule has 212 valence electrons. The van der Waals surface area contributed by atoms with Crippen LogP contribution in [0.15, 0.2) is 0 Å². The molecule has 9 nitrogen and oxygen atoms in total. The van der Waals surface area contributed by atoms with E-state index in [0.29, 0.717) is 25.7 Å². The molecule has 4 aliphatic heterocycles. The maximum absolute atomic E-state index is 11.4. The second-order valence-electron chi connectivity index (χ2n) is 10.4. The number of likely N-dealkylation sites (tertiary alicyclic amines) is 1. The molecule has 11 heteroatoms. The Kier molecular flexibility index (Phi) is 18.9. The van der Waals surface area contributed by atoms with E-state index in [9.17, 15) is 9.59 Å². The Morgan fingerprint density at radius 2 is 1.64 bits per heavy atom. The summed E-state index contributed by atoms with van der Waals surface area (Å²) in [6.07, 6.45) is 8.60. The van der Waals surface area contributed by atoms with Crippen LogP contribution in [0, 0.1) is 6.42 Å². The van der Waals surface area contributed by atoms with Gasteiger partial charge in [0.25, 0.3) is 0 Å². The van der Waals surface area contributed by atoms with Crippen LogP contribution in [0.1, 0.15) is 65.7 Å². The van der Waals surface area contributed by atoms with Crippen LogP contribution in [-0.2, 0) is 19.0 Å². The minimum atomic E-state index is -0.406. The van der Waals surface area contributed by atoms with Crippen molar-refractivity contribution in [3.8, 4) is 0 Å². The topological polar surface area (TPSA) is 115 Å². The molecule has 0 aromatic carbocycles. The first-order valence-corrected chi connectivity index (χ1v) is 12.9. The fraction of sp³-hybridized carbons (Fsp3) is 0.880. The highest BCUT2D eigenvalue weighted by Gasteiger charge is 2.25. The largest absolute Gasteiger partial charge is 0.444 e. The van der Waals surface area contributed by atoms with Gasteiger partial charge in [0.1, 0.15) is 5.60 Å². The van der Waals surface area contributed by atoms with Gasteiger partial charge >= 0.3 is 11.9 Å². The molecule has 0 unspecified atom stereocenters. The summed E-state index contributed by atoms with van der Waals surface area (Å²) in [5, 5.41) is 6.12. The zero-order valence-corrected chi connectivity index (χ0v) is 23.9. The van der Waals surface area contributed by atoms with Crippen molar-refractivity contribution in [1.29, 1.82) is 0 Å². The van der Waals surface area contributed by atoms with E-state index >= 15 is 0 Å². The molecular formula is C25H49Cl2N4O5+. The predicted octanol–water partition coefficient (Wildman–Crippen LogP) is 2.88. The van der Waals surface area contributed by atoms with Gasteiger partial charge in [0.15, 0.2) is 13.0 Å². The molecule has 0 aliphatic carbocycles. The lowest BCUT2D eigenvalue weighted by atomic mass is 10.0. The molecule has 4 N–H and O–H groups in total. The molecular weight excluding hydrogens is 507 g/mol. The van der Waals surface area contributed by atoms with E-state index in [1.807, 2.05) is 20.8 Å². The zero-order chi connectivity index (χ0) is 24.8. The molecule has 4 rings (SSSR count). The summed E-state index contributed by atoms with van der Waals surface area (Å²) in [5.74, 6) is 0.214. The number of carbonyl (C=O) groups excluding carboxylic acids is 2. The third-order valence-electron chi connectivity index (χ3n) is 6.26. The molecule has 0 atom stereocenters. The van der Waals surface area contributed by atoms with Crippen LogP contribution in [0.5, 0.6) is 0 Å². The first-order valence-electron chi connectivity index (χ1n) is 12.9. The zero-order valence-electron chi connectivity index (χ0n) is 22.3. The van der Waals surface area contributed by atoms with E-state index in [0.717, 1.165) is 45.2 Å². The molecule has 36 heavy (non-hydrogen) atoms. The van der Waals surface area contributed by atoms with E-state index in [-0.39, 0.29) is 42.7 Å². The van der Waals surface area contributed by atoms with Gasteiger partial charge in [-0.05, 0) is 85.5 Å². The van der Waals surface area contributed by atoms with Crippen molar-refractivity contribution in [2.24, 2.45) is 5.73 Å². The van der Waals surface area contributed by atoms with Gasteiger partial charge in [-0.1, -0.05) is 0 Å². The Labute approximate surface area is 230 Å². The van der Waals surface area contributed by atoms with Crippen molar-refractivity contribution in [2.75, 3.05) is 52.6 Å². The number of piperidine rings is 2. The van der Waals surface area contributed by atoms with Gasteiger partial charge in [0, 0.05) is 31.3 Å². The second kappa shape index (κ2) is 19.3. The number of ketones is 1. The molecule has 4 aliphatic rings. The summed E-state index contributed by atoms with van der Waals surface area (Å²) < 4.78 is 15.4. The van der Waals surface area contributed by atoms with Gasteiger partial charge in [0.05, 0.1) is 13.0 Å². The SMILES string of the molecule is CC(C)(C)OC(=O)NC1CCNCC1.Cl.Cl.NC1CCN(C2CCOCC2)CC1.O=C1[CH+]COCC1. The van der Waals surface area contributed by atoms with Crippen molar-refractivity contribution >= 4 is 36.7 Å². The summed E-state index contributed by atoms with van der Waals surface area (Å²) in [4.78, 5) is 24.3. The molecule has 1 amide bonds. The van der Waals surface area contributed by atoms with Gasteiger partial charge in [-0.15, -0.1) is 24.8 Å². The monoisotopic (exact) mass is 555 g/mol. The highest BCUT2D eigenvalue weighted by Crippen LogP contribution is 2.19. The second-order valence-corrected chi connectivity index (χ2v) is 10.4. The van der Waals surface area contributed by atoms with Gasteiger partial charge in [-0.2, -0.15) is 0 Å². The number of Topliss-reactive ketones (excluding diaryl/α,β-unsaturated/α-hetero) is 1. The Bertz CT molecular complexity index is 581. The number of hydrogen-bond acceptors (Lipinski definition) is 8. The van der Waals surface area contributed by atoms with Crippen LogP contribution in [-0.4, -0.2) is 93.1 Å². The highest BCUT2D eigenvalue weighted by molar-refractivity contribution is 5.87. The third kappa shape index (κ3) is 16.1. The average molecular weight is 557 g/mol. The van der Waals surface area contributed by atoms with Crippen LogP contribution in [0.3, 0.4) is 0 Å². The van der Waals surface area contributed by atoms with E-state index < -0.39 is 5.60 Å². The number of nitrogens with one attached hydrogen (secondary N) is 2. The number of carbonyl (C=O) groups is 2. The van der Waals surface area contributed by atoms with Crippen molar-refractivity contribution < 1.29 is 23.8 Å². The smallest absolute Gasteiger partial charge is 0.407 e. The van der Waals surface area contributed by atoms with Gasteiger partial charge in [-0.25, -0.2) is 9.59 Å². The van der Waals surface area contributed by atoms with Gasteiger partial charge in [-0.3, -0.25) is 0 Å². The van der Waals surface area contributed by atoms with Crippen LogP contribution in [0.4, 0.5) is 4.79 Å². The lowest BCUT2D eigenvalue weighted by molar-refractivity contribution is -0.119. The molecule has 4 saturated heterocycles. The Hall–Kier alpha value is -0.810. The number of rotatable bonds is 2. The predicted molar refractivity (Wildman–Crippen MR) is 147 cm³/mol. The number of nitrogens with zero attached hydrogens (tertiary/aromatic N) is 1. The van der Waals surface area contributed by atoms with E-state index in [1.54, 1.807) is 6.42 Å². The molecule has 0 bridgehead atoms. The third-order valence-corrected chi connectivity index (χ3v) is 6.26. The maximum atomic E-state index is 11.4. The van der Waals surface area contributed by atoms with E-state index in [4.69, 9.17) is 19.9 Å². The summed E-state index contributed by atoms with van der Waals surface area (Å²) in [6, 6.07) is 1.50. The minimum absolute atomic E-state index is 0. The Morgan fingerprint density at radius 3 is 2.11 bits per heavy atom. The van der Waals surface area contributed by atoms with Gasteiger partial charge in [0.2, 0.25) is 0 Å². The fourth-order valence-corrected chi connectivity index (χ4v) is 4.29. The number of halogens is 2. The normalized spacial score (nSPS) is 22.2. The summed E-state index contributed by atoms with van der Waals surface area (Å²) in [6.45, 7) is 13.0. The summed E-state index contributed by atoms with van der Waals surface area (Å²) in [5.41, 5.74) is 5.47. The minimum Gasteiger partial charge on any atom is -0.444 e. The maximum Gasteiger partial charge on any atom is 0.407 e. The average Bonchev–Trinajstić information content (AvgIpc) is 2.81. The lowest BCUT2D eigenvalue weighted by Gasteiger charge is -2.38. The number of alkyl carbamates (subject to hydrolysis) is 1. The fourth-order valence-electron chi connectivity index (χ4n) is 4.29. The van der Waals surface area contributed by atoms with E-state index in [1.165, 1.54) is 38.8 Å². The Morgan fingerprint density at radius 1 is 1.03 bits per heavy atom. The van der Waals surface area contributed by atoms with Crippen molar-refractivity contribution in [1.82, 2.24) is 15.5 Å². The quantitative estimate of drug-likeness (QED) is 0.445. The van der Waals surface area contributed by atoms with Crippen LogP contribution in [0.2, 0.25) is 0 Å². The van der Waals surface area contributed by atoms with Crippen molar-refractivity contribution in [3.63, 3.8) is 0 Å². The molecule has 4 heterocycles. The van der Waals surface area contributed by atoms with E-state index in [2.05, 4.69) is 15.5 Å².